The molecule has 8 heteroatoms. The molecule has 34 heavy (non-hydrogen) atoms. The van der Waals surface area contributed by atoms with E-state index in [2.05, 4.69) is 13.8 Å². The van der Waals surface area contributed by atoms with Gasteiger partial charge in [-0.05, 0) is 22.9 Å². The number of carbonyl (C=O) groups is 2. The molecule has 2 heterocycles. The summed E-state index contributed by atoms with van der Waals surface area (Å²) in [5.41, 5.74) is 0.901. The number of carbonyl (C=O) groups excluding carboxylic acids is 2. The Bertz CT molecular complexity index is 928. The molecule has 0 spiro atoms. The molecule has 2 aromatic rings. The maximum atomic E-state index is 12.7. The lowest BCUT2D eigenvalue weighted by Crippen LogP contribution is -2.43. The van der Waals surface area contributed by atoms with Gasteiger partial charge in [0.2, 0.25) is 0 Å². The summed E-state index contributed by atoms with van der Waals surface area (Å²) in [7, 11) is 0. The molecule has 0 bridgehead atoms. The Balaban J connectivity index is 1.29. The fourth-order valence-corrected chi connectivity index (χ4v) is 3.91. The van der Waals surface area contributed by atoms with E-state index < -0.39 is 11.9 Å². The van der Waals surface area contributed by atoms with Gasteiger partial charge in [0.1, 0.15) is 13.2 Å². The summed E-state index contributed by atoms with van der Waals surface area (Å²) in [5, 5.41) is 1.27. The van der Waals surface area contributed by atoms with Crippen LogP contribution in [0.25, 0.3) is 10.8 Å². The van der Waals surface area contributed by atoms with Gasteiger partial charge in [-0.3, -0.25) is 0 Å². The largest absolute Gasteiger partial charge is 0.460 e. The average Bonchev–Trinajstić information content (AvgIpc) is 2.80. The van der Waals surface area contributed by atoms with Crippen LogP contribution in [0, 0.1) is 10.8 Å². The molecule has 0 atom stereocenters. The van der Waals surface area contributed by atoms with Crippen molar-refractivity contribution in [1.82, 2.24) is 0 Å². The molecule has 0 amide bonds. The monoisotopic (exact) mass is 472 g/mol. The number of hydrogen-bond donors (Lipinski definition) is 0. The van der Waals surface area contributed by atoms with Crippen LogP contribution in [-0.4, -0.2) is 78.0 Å². The molecule has 8 nitrogen and oxygen atoms in total. The maximum absolute atomic E-state index is 12.7. The Morgan fingerprint density at radius 2 is 1.12 bits per heavy atom. The highest BCUT2D eigenvalue weighted by Crippen LogP contribution is 2.27. The minimum absolute atomic E-state index is 0.0560. The predicted octanol–water partition coefficient (Wildman–Crippen LogP) is 3.26. The van der Waals surface area contributed by atoms with Crippen LogP contribution in [0.1, 0.15) is 34.6 Å². The van der Waals surface area contributed by atoms with Gasteiger partial charge in [-0.15, -0.1) is 0 Å². The number of benzene rings is 2. The minimum atomic E-state index is -0.459. The van der Waals surface area contributed by atoms with Crippen molar-refractivity contribution in [2.24, 2.45) is 10.8 Å². The zero-order chi connectivity index (χ0) is 24.0. The van der Waals surface area contributed by atoms with Crippen LogP contribution in [0.3, 0.4) is 0 Å². The molecule has 2 aliphatic rings. The number of esters is 2. The summed E-state index contributed by atoms with van der Waals surface area (Å²) in [4.78, 5) is 25.4. The van der Waals surface area contributed by atoms with E-state index in [-0.39, 0.29) is 24.0 Å². The van der Waals surface area contributed by atoms with Gasteiger partial charge in [-0.1, -0.05) is 38.1 Å². The van der Waals surface area contributed by atoms with Crippen molar-refractivity contribution >= 4 is 22.7 Å². The molecular weight excluding hydrogens is 440 g/mol. The van der Waals surface area contributed by atoms with E-state index in [1.807, 2.05) is 0 Å². The SMILES string of the molecule is CC1(COCCOC(=O)c2cccc3c(C(=O)OCCOCC4(C)COC4)cccc23)COC1. The first kappa shape index (κ1) is 24.6. The molecule has 0 aromatic heterocycles. The summed E-state index contributed by atoms with van der Waals surface area (Å²) in [6, 6.07) is 10.4. The Kier molecular flexibility index (Phi) is 7.83. The van der Waals surface area contributed by atoms with E-state index in [9.17, 15) is 9.59 Å². The second kappa shape index (κ2) is 10.8. The standard InChI is InChI=1S/C26H32O8/c1-25(15-31-16-25)13-29-9-11-33-23(27)21-7-3-6-20-19(21)5-4-8-22(20)24(28)34-12-10-30-14-26(2)17-32-18-26/h3-8H,9-18H2,1-2H3. The predicted molar refractivity (Wildman–Crippen MR) is 124 cm³/mol. The van der Waals surface area contributed by atoms with Crippen molar-refractivity contribution in [3.63, 3.8) is 0 Å². The van der Waals surface area contributed by atoms with Gasteiger partial charge in [-0.25, -0.2) is 9.59 Å². The highest BCUT2D eigenvalue weighted by Gasteiger charge is 2.34. The molecule has 4 rings (SSSR count). The Morgan fingerprint density at radius 1 is 0.706 bits per heavy atom. The summed E-state index contributed by atoms with van der Waals surface area (Å²) in [6.07, 6.45) is 0. The van der Waals surface area contributed by atoms with E-state index in [4.69, 9.17) is 28.4 Å². The number of hydrogen-bond acceptors (Lipinski definition) is 8. The zero-order valence-electron chi connectivity index (χ0n) is 19.8. The minimum Gasteiger partial charge on any atom is -0.460 e. The number of fused-ring (bicyclic) bond motifs is 1. The summed E-state index contributed by atoms with van der Waals surface area (Å²) in [5.74, 6) is -0.917. The molecule has 0 unspecified atom stereocenters. The normalized spacial score (nSPS) is 18.1. The van der Waals surface area contributed by atoms with E-state index in [1.54, 1.807) is 36.4 Å². The summed E-state index contributed by atoms with van der Waals surface area (Å²) in [6.45, 7) is 9.04. The van der Waals surface area contributed by atoms with Crippen LogP contribution in [0.4, 0.5) is 0 Å². The topological polar surface area (TPSA) is 89.5 Å². The third kappa shape index (κ3) is 5.93. The van der Waals surface area contributed by atoms with Crippen molar-refractivity contribution in [1.29, 1.82) is 0 Å². The van der Waals surface area contributed by atoms with E-state index >= 15 is 0 Å². The van der Waals surface area contributed by atoms with E-state index in [0.29, 0.717) is 74.8 Å². The average molecular weight is 473 g/mol. The second-order valence-corrected chi connectivity index (χ2v) is 9.69. The smallest absolute Gasteiger partial charge is 0.338 e. The van der Waals surface area contributed by atoms with Crippen molar-refractivity contribution in [2.75, 3.05) is 66.1 Å². The molecule has 2 saturated heterocycles. The van der Waals surface area contributed by atoms with Crippen LogP contribution >= 0.6 is 0 Å². The van der Waals surface area contributed by atoms with Crippen molar-refractivity contribution in [3.05, 3.63) is 47.5 Å². The van der Waals surface area contributed by atoms with Crippen molar-refractivity contribution in [2.45, 2.75) is 13.8 Å². The van der Waals surface area contributed by atoms with Gasteiger partial charge in [0.25, 0.3) is 0 Å². The van der Waals surface area contributed by atoms with Gasteiger partial charge in [0.15, 0.2) is 0 Å². The second-order valence-electron chi connectivity index (χ2n) is 9.69. The molecule has 2 fully saturated rings. The number of rotatable bonds is 12. The third-order valence-electron chi connectivity index (χ3n) is 5.99. The van der Waals surface area contributed by atoms with Crippen LogP contribution in [0.2, 0.25) is 0 Å². The van der Waals surface area contributed by atoms with Crippen molar-refractivity contribution in [3.8, 4) is 0 Å². The van der Waals surface area contributed by atoms with Gasteiger partial charge in [0, 0.05) is 10.8 Å². The Labute approximate surface area is 199 Å². The highest BCUT2D eigenvalue weighted by atomic mass is 16.6. The molecule has 2 aromatic carbocycles. The maximum Gasteiger partial charge on any atom is 0.338 e. The molecule has 0 radical (unpaired) electrons. The first-order valence-corrected chi connectivity index (χ1v) is 11.6. The molecule has 0 aliphatic carbocycles. The first-order valence-electron chi connectivity index (χ1n) is 11.6. The molecule has 2 aliphatic heterocycles. The summed E-state index contributed by atoms with van der Waals surface area (Å²) >= 11 is 0. The first-order chi connectivity index (χ1) is 16.4. The van der Waals surface area contributed by atoms with Crippen LogP contribution in [0.5, 0.6) is 0 Å². The van der Waals surface area contributed by atoms with Crippen molar-refractivity contribution < 1.29 is 38.0 Å². The lowest BCUT2D eigenvalue weighted by atomic mass is 9.90. The van der Waals surface area contributed by atoms with Gasteiger partial charge in [-0.2, -0.15) is 0 Å². The fraction of sp³-hybridized carbons (Fsp3) is 0.538. The van der Waals surface area contributed by atoms with E-state index in [1.165, 1.54) is 0 Å². The lowest BCUT2D eigenvalue weighted by Gasteiger charge is -2.37. The van der Waals surface area contributed by atoms with E-state index in [0.717, 1.165) is 0 Å². The zero-order valence-corrected chi connectivity index (χ0v) is 19.8. The summed E-state index contributed by atoms with van der Waals surface area (Å²) < 4.78 is 32.4. The molecule has 0 N–H and O–H groups in total. The van der Waals surface area contributed by atoms with Gasteiger partial charge in [0.05, 0.1) is 64.0 Å². The fourth-order valence-electron chi connectivity index (χ4n) is 3.91. The van der Waals surface area contributed by atoms with Crippen LogP contribution in [0.15, 0.2) is 36.4 Å². The lowest BCUT2D eigenvalue weighted by molar-refractivity contribution is -0.139. The molecular formula is C26H32O8. The van der Waals surface area contributed by atoms with Crippen LogP contribution < -0.4 is 0 Å². The Hall–Kier alpha value is -2.52. The molecule has 184 valence electrons. The highest BCUT2D eigenvalue weighted by molar-refractivity contribution is 6.11. The van der Waals surface area contributed by atoms with Gasteiger partial charge < -0.3 is 28.4 Å². The quantitative estimate of drug-likeness (QED) is 0.344. The molecule has 0 saturated carbocycles. The third-order valence-corrected chi connectivity index (χ3v) is 5.99. The van der Waals surface area contributed by atoms with Gasteiger partial charge >= 0.3 is 11.9 Å². The Morgan fingerprint density at radius 3 is 1.47 bits per heavy atom. The number of ether oxygens (including phenoxy) is 6. The van der Waals surface area contributed by atoms with Crippen LogP contribution in [-0.2, 0) is 28.4 Å².